The SMILES string of the molecule is CC1CCN(C(=O)Cn2cnc3c(c(-c4ccc(Cl)c(C(F)(F)F)c4)cn3C3CC3)c2=O)C1. The lowest BCUT2D eigenvalue weighted by molar-refractivity contribution is -0.137. The molecule has 10 heteroatoms. The number of likely N-dealkylation sites (tertiary alicyclic amines) is 1. The molecule has 1 aliphatic carbocycles. The van der Waals surface area contributed by atoms with Crippen LogP contribution < -0.4 is 5.56 Å². The van der Waals surface area contributed by atoms with Gasteiger partial charge in [-0.05, 0) is 42.9 Å². The number of fused-ring (bicyclic) bond motifs is 1. The zero-order chi connectivity index (χ0) is 23.5. The zero-order valence-electron chi connectivity index (χ0n) is 17.9. The van der Waals surface area contributed by atoms with Gasteiger partial charge in [0, 0.05) is 30.9 Å². The summed E-state index contributed by atoms with van der Waals surface area (Å²) in [4.78, 5) is 32.3. The van der Waals surface area contributed by atoms with Crippen LogP contribution in [0, 0.1) is 5.92 Å². The number of carbonyl (C=O) groups is 1. The lowest BCUT2D eigenvalue weighted by Crippen LogP contribution is -2.35. The molecule has 2 fully saturated rings. The monoisotopic (exact) mass is 478 g/mol. The molecule has 1 aromatic carbocycles. The van der Waals surface area contributed by atoms with E-state index in [4.69, 9.17) is 11.6 Å². The number of alkyl halides is 3. The maximum atomic E-state index is 13.5. The molecule has 174 valence electrons. The third-order valence-electron chi connectivity index (χ3n) is 6.41. The van der Waals surface area contributed by atoms with Gasteiger partial charge in [0.05, 0.1) is 16.0 Å². The van der Waals surface area contributed by atoms with Crippen LogP contribution in [-0.2, 0) is 17.5 Å². The molecule has 0 bridgehead atoms. The second-order valence-electron chi connectivity index (χ2n) is 8.98. The summed E-state index contributed by atoms with van der Waals surface area (Å²) in [5.41, 5.74) is -0.407. The lowest BCUT2D eigenvalue weighted by Gasteiger charge is -2.16. The summed E-state index contributed by atoms with van der Waals surface area (Å²) in [7, 11) is 0. The van der Waals surface area contributed by atoms with E-state index in [1.807, 2.05) is 4.57 Å². The second kappa shape index (κ2) is 7.90. The van der Waals surface area contributed by atoms with Gasteiger partial charge < -0.3 is 9.47 Å². The van der Waals surface area contributed by atoms with E-state index < -0.39 is 22.3 Å². The largest absolute Gasteiger partial charge is 0.417 e. The van der Waals surface area contributed by atoms with Crippen LogP contribution in [0.2, 0.25) is 5.02 Å². The van der Waals surface area contributed by atoms with Crippen molar-refractivity contribution in [1.29, 1.82) is 0 Å². The highest BCUT2D eigenvalue weighted by molar-refractivity contribution is 6.31. The molecule has 2 aromatic heterocycles. The van der Waals surface area contributed by atoms with E-state index in [1.165, 1.54) is 23.0 Å². The highest BCUT2D eigenvalue weighted by Gasteiger charge is 2.34. The number of benzene rings is 1. The van der Waals surface area contributed by atoms with E-state index >= 15 is 0 Å². The molecule has 3 heterocycles. The van der Waals surface area contributed by atoms with Crippen molar-refractivity contribution in [1.82, 2.24) is 19.0 Å². The first-order chi connectivity index (χ1) is 15.6. The fourth-order valence-corrected chi connectivity index (χ4v) is 4.68. The summed E-state index contributed by atoms with van der Waals surface area (Å²) < 4.78 is 43.5. The van der Waals surface area contributed by atoms with Gasteiger partial charge in [-0.1, -0.05) is 24.6 Å². The summed E-state index contributed by atoms with van der Waals surface area (Å²) in [6.45, 7) is 3.22. The van der Waals surface area contributed by atoms with Crippen molar-refractivity contribution in [2.45, 2.75) is 44.9 Å². The highest BCUT2D eigenvalue weighted by Crippen LogP contribution is 2.42. The van der Waals surface area contributed by atoms with Gasteiger partial charge >= 0.3 is 6.18 Å². The number of hydrogen-bond donors (Lipinski definition) is 0. The van der Waals surface area contributed by atoms with Gasteiger partial charge in [0.2, 0.25) is 5.91 Å². The average molecular weight is 479 g/mol. The fourth-order valence-electron chi connectivity index (χ4n) is 4.46. The molecule has 0 radical (unpaired) electrons. The number of rotatable bonds is 4. The Hall–Kier alpha value is -2.81. The third kappa shape index (κ3) is 4.03. The van der Waals surface area contributed by atoms with Crippen LogP contribution in [0.15, 0.2) is 35.5 Å². The summed E-state index contributed by atoms with van der Waals surface area (Å²) in [6, 6.07) is 3.78. The Kier molecular flexibility index (Phi) is 5.27. The number of halogens is 4. The maximum Gasteiger partial charge on any atom is 0.417 e. The van der Waals surface area contributed by atoms with Gasteiger partial charge in [0.25, 0.3) is 5.56 Å². The van der Waals surface area contributed by atoms with Crippen LogP contribution in [0.5, 0.6) is 0 Å². The lowest BCUT2D eigenvalue weighted by atomic mass is 10.0. The summed E-state index contributed by atoms with van der Waals surface area (Å²) in [5.74, 6) is 0.245. The standard InChI is InChI=1S/C23H22ClF3N4O2/c1-13-6-7-29(9-13)19(32)11-30-12-28-21-20(22(30)33)16(10-31(21)15-3-4-15)14-2-5-18(24)17(8-14)23(25,26)27/h2,5,8,10,12-13,15H,3-4,6-7,9,11H2,1H3. The van der Waals surface area contributed by atoms with Crippen molar-refractivity contribution in [3.63, 3.8) is 0 Å². The van der Waals surface area contributed by atoms with Crippen LogP contribution in [-0.4, -0.2) is 38.0 Å². The van der Waals surface area contributed by atoms with Crippen LogP contribution in [0.4, 0.5) is 13.2 Å². The predicted octanol–water partition coefficient (Wildman–Crippen LogP) is 4.74. The van der Waals surface area contributed by atoms with Crippen LogP contribution >= 0.6 is 11.6 Å². The Labute approximate surface area is 192 Å². The molecule has 33 heavy (non-hydrogen) atoms. The van der Waals surface area contributed by atoms with Crippen molar-refractivity contribution in [2.24, 2.45) is 5.92 Å². The van der Waals surface area contributed by atoms with Crippen molar-refractivity contribution in [3.05, 3.63) is 51.7 Å². The number of nitrogens with zero attached hydrogens (tertiary/aromatic N) is 4. The average Bonchev–Trinajstić information content (AvgIpc) is 3.38. The molecular formula is C23H22ClF3N4O2. The van der Waals surface area contributed by atoms with Crippen LogP contribution in [0.25, 0.3) is 22.2 Å². The number of hydrogen-bond acceptors (Lipinski definition) is 3. The van der Waals surface area contributed by atoms with Gasteiger partial charge in [0.1, 0.15) is 18.5 Å². The first kappa shape index (κ1) is 22.0. The molecule has 1 atom stereocenters. The molecular weight excluding hydrogens is 457 g/mol. The quantitative estimate of drug-likeness (QED) is 0.544. The predicted molar refractivity (Wildman–Crippen MR) is 118 cm³/mol. The Morgan fingerprint density at radius 2 is 2.00 bits per heavy atom. The molecule has 1 amide bonds. The molecule has 6 nitrogen and oxygen atoms in total. The Morgan fingerprint density at radius 1 is 1.24 bits per heavy atom. The van der Waals surface area contributed by atoms with E-state index in [0.29, 0.717) is 30.2 Å². The molecule has 1 saturated heterocycles. The van der Waals surface area contributed by atoms with Gasteiger partial charge in [-0.25, -0.2) is 4.98 Å². The van der Waals surface area contributed by atoms with E-state index in [1.54, 1.807) is 11.1 Å². The summed E-state index contributed by atoms with van der Waals surface area (Å²) >= 11 is 5.79. The van der Waals surface area contributed by atoms with Crippen molar-refractivity contribution < 1.29 is 18.0 Å². The van der Waals surface area contributed by atoms with E-state index in [-0.39, 0.29) is 29.4 Å². The van der Waals surface area contributed by atoms with Crippen LogP contribution in [0.1, 0.15) is 37.8 Å². The van der Waals surface area contributed by atoms with Gasteiger partial charge in [-0.3, -0.25) is 14.2 Å². The molecule has 1 saturated carbocycles. The molecule has 0 N–H and O–H groups in total. The van der Waals surface area contributed by atoms with Crippen molar-refractivity contribution in [2.75, 3.05) is 13.1 Å². The molecule has 2 aliphatic rings. The molecule has 0 spiro atoms. The minimum absolute atomic E-state index is 0.156. The number of aromatic nitrogens is 3. The Balaban J connectivity index is 1.61. The maximum absolute atomic E-state index is 13.5. The van der Waals surface area contributed by atoms with E-state index in [9.17, 15) is 22.8 Å². The third-order valence-corrected chi connectivity index (χ3v) is 6.73. The van der Waals surface area contributed by atoms with E-state index in [0.717, 1.165) is 25.3 Å². The van der Waals surface area contributed by atoms with Crippen LogP contribution in [0.3, 0.4) is 0 Å². The van der Waals surface area contributed by atoms with Gasteiger partial charge in [0.15, 0.2) is 0 Å². The van der Waals surface area contributed by atoms with Gasteiger partial charge in [-0.15, -0.1) is 0 Å². The van der Waals surface area contributed by atoms with Crippen molar-refractivity contribution in [3.8, 4) is 11.1 Å². The second-order valence-corrected chi connectivity index (χ2v) is 9.39. The van der Waals surface area contributed by atoms with Gasteiger partial charge in [-0.2, -0.15) is 13.2 Å². The summed E-state index contributed by atoms with van der Waals surface area (Å²) in [5, 5.41) is -0.194. The molecule has 5 rings (SSSR count). The first-order valence-corrected chi connectivity index (χ1v) is 11.3. The first-order valence-electron chi connectivity index (χ1n) is 10.9. The Morgan fingerprint density at radius 3 is 2.64 bits per heavy atom. The smallest absolute Gasteiger partial charge is 0.341 e. The summed E-state index contributed by atoms with van der Waals surface area (Å²) in [6.07, 6.45) is 1.16. The highest BCUT2D eigenvalue weighted by atomic mass is 35.5. The van der Waals surface area contributed by atoms with E-state index in [2.05, 4.69) is 11.9 Å². The minimum atomic E-state index is -4.63. The number of carbonyl (C=O) groups excluding carboxylic acids is 1. The number of amides is 1. The molecule has 3 aromatic rings. The minimum Gasteiger partial charge on any atom is -0.341 e. The Bertz CT molecular complexity index is 1310. The molecule has 1 unspecified atom stereocenters. The zero-order valence-corrected chi connectivity index (χ0v) is 18.7. The molecule has 1 aliphatic heterocycles. The van der Waals surface area contributed by atoms with Crippen molar-refractivity contribution >= 4 is 28.5 Å². The topological polar surface area (TPSA) is 60.1 Å². The fraction of sp³-hybridized carbons (Fsp3) is 0.435. The normalized spacial score (nSPS) is 18.9.